The van der Waals surface area contributed by atoms with Crippen LogP contribution in [0.15, 0.2) is 17.2 Å². The Bertz CT molecular complexity index is 725. The number of aryl methyl sites for hydroxylation is 2. The summed E-state index contributed by atoms with van der Waals surface area (Å²) in [5.74, 6) is -0.0347. The topological polar surface area (TPSA) is 113 Å². The third-order valence-electron chi connectivity index (χ3n) is 2.91. The Hall–Kier alpha value is -2.00. The zero-order valence-electron chi connectivity index (χ0n) is 12.1. The van der Waals surface area contributed by atoms with Gasteiger partial charge in [-0.15, -0.1) is 5.10 Å². The van der Waals surface area contributed by atoms with Crippen molar-refractivity contribution in [3.8, 4) is 0 Å². The van der Waals surface area contributed by atoms with Gasteiger partial charge >= 0.3 is 0 Å². The molecule has 9 heteroatoms. The van der Waals surface area contributed by atoms with Gasteiger partial charge in [-0.05, 0) is 26.5 Å². The molecule has 8 nitrogen and oxygen atoms in total. The molecule has 0 aliphatic carbocycles. The summed E-state index contributed by atoms with van der Waals surface area (Å²) in [5, 5.41) is 10.7. The zero-order chi connectivity index (χ0) is 15.5. The number of aromatic nitrogens is 4. The van der Waals surface area contributed by atoms with E-state index in [1.807, 2.05) is 6.92 Å². The fourth-order valence-electron chi connectivity index (χ4n) is 1.61. The van der Waals surface area contributed by atoms with Crippen LogP contribution in [0, 0.1) is 13.8 Å². The second-order valence-electron chi connectivity index (χ2n) is 4.55. The molecule has 0 saturated heterocycles. The molecule has 0 atom stereocenters. The Morgan fingerprint density at radius 2 is 2.00 bits per heavy atom. The summed E-state index contributed by atoms with van der Waals surface area (Å²) in [6, 6.07) is 1.57. The Morgan fingerprint density at radius 1 is 1.24 bits per heavy atom. The van der Waals surface area contributed by atoms with Crippen molar-refractivity contribution in [3.05, 3.63) is 29.3 Å². The molecule has 0 radical (unpaired) electrons. The van der Waals surface area contributed by atoms with Gasteiger partial charge in [0.05, 0.1) is 11.4 Å². The predicted octanol–water partition coefficient (Wildman–Crippen LogP) is 0.727. The quantitative estimate of drug-likeness (QED) is 0.725. The van der Waals surface area contributed by atoms with Gasteiger partial charge < -0.3 is 10.3 Å². The first-order valence-electron chi connectivity index (χ1n) is 6.51. The zero-order valence-corrected chi connectivity index (χ0v) is 13.0. The molecule has 2 heterocycles. The van der Waals surface area contributed by atoms with Gasteiger partial charge in [0.15, 0.2) is 0 Å². The molecule has 114 valence electrons. The molecule has 0 spiro atoms. The molecule has 0 aliphatic heterocycles. The van der Waals surface area contributed by atoms with E-state index in [0.717, 1.165) is 12.2 Å². The maximum absolute atomic E-state index is 12.2. The molecule has 3 N–H and O–H groups in total. The van der Waals surface area contributed by atoms with Gasteiger partial charge in [0.1, 0.15) is 4.90 Å². The Labute approximate surface area is 123 Å². The van der Waals surface area contributed by atoms with Crippen molar-refractivity contribution in [2.24, 2.45) is 0 Å². The highest BCUT2D eigenvalue weighted by atomic mass is 32.2. The number of sulfonamides is 1. The van der Waals surface area contributed by atoms with Crippen molar-refractivity contribution < 1.29 is 8.42 Å². The normalized spacial score (nSPS) is 11.6. The molecule has 2 rings (SSSR count). The molecule has 0 amide bonds. The van der Waals surface area contributed by atoms with Crippen LogP contribution in [-0.4, -0.2) is 35.1 Å². The lowest BCUT2D eigenvalue weighted by molar-refractivity contribution is 0.600. The summed E-state index contributed by atoms with van der Waals surface area (Å²) < 4.78 is 26.8. The Balaban J connectivity index is 2.17. The number of hydrogen-bond donors (Lipinski definition) is 3. The average Bonchev–Trinajstić information content (AvgIpc) is 2.90. The van der Waals surface area contributed by atoms with Gasteiger partial charge in [0.2, 0.25) is 0 Å². The van der Waals surface area contributed by atoms with E-state index in [2.05, 4.69) is 30.2 Å². The van der Waals surface area contributed by atoms with Crippen LogP contribution in [0.1, 0.15) is 24.0 Å². The summed E-state index contributed by atoms with van der Waals surface area (Å²) in [6.45, 7) is 6.86. The first-order chi connectivity index (χ1) is 9.92. The molecule has 2 aromatic heterocycles. The van der Waals surface area contributed by atoms with Crippen molar-refractivity contribution in [2.75, 3.05) is 11.3 Å². The van der Waals surface area contributed by atoms with Gasteiger partial charge in [-0.1, -0.05) is 6.92 Å². The molecule has 0 saturated carbocycles. The molecular formula is C12H18N6O2S. The number of anilines is 1. The fourth-order valence-corrected chi connectivity index (χ4v) is 2.57. The first-order valence-corrected chi connectivity index (χ1v) is 7.99. The van der Waals surface area contributed by atoms with Crippen LogP contribution in [0.25, 0.3) is 0 Å². The van der Waals surface area contributed by atoms with Gasteiger partial charge in [-0.2, -0.15) is 5.10 Å². The molecule has 0 unspecified atom stereocenters. The number of rotatable bonds is 6. The molecule has 2 aromatic rings. The summed E-state index contributed by atoms with van der Waals surface area (Å²) in [5.41, 5.74) is 2.08. The standard InChI is InChI=1S/C12H18N6O2S/c1-4-13-6-10-5-11(7-14-10)21(19,20)18-12-15-8(2)9(3)16-17-12/h5,7,13-14H,4,6H2,1-3H3,(H,15,17,18). The van der Waals surface area contributed by atoms with Crippen LogP contribution in [0.2, 0.25) is 0 Å². The van der Waals surface area contributed by atoms with E-state index in [1.54, 1.807) is 19.9 Å². The van der Waals surface area contributed by atoms with E-state index in [1.165, 1.54) is 6.20 Å². The second-order valence-corrected chi connectivity index (χ2v) is 6.24. The number of H-pyrrole nitrogens is 1. The maximum Gasteiger partial charge on any atom is 0.265 e. The second kappa shape index (κ2) is 6.19. The van der Waals surface area contributed by atoms with E-state index in [9.17, 15) is 8.42 Å². The fraction of sp³-hybridized carbons (Fsp3) is 0.417. The van der Waals surface area contributed by atoms with Crippen molar-refractivity contribution in [1.82, 2.24) is 25.5 Å². The van der Waals surface area contributed by atoms with E-state index in [0.29, 0.717) is 17.9 Å². The number of nitrogens with one attached hydrogen (secondary N) is 3. The molecular weight excluding hydrogens is 292 g/mol. The monoisotopic (exact) mass is 310 g/mol. The van der Waals surface area contributed by atoms with Gasteiger partial charge in [0.25, 0.3) is 16.0 Å². The highest BCUT2D eigenvalue weighted by molar-refractivity contribution is 7.92. The summed E-state index contributed by atoms with van der Waals surface area (Å²) in [6.07, 6.45) is 1.43. The summed E-state index contributed by atoms with van der Waals surface area (Å²) in [7, 11) is -3.72. The minimum absolute atomic E-state index is 0.0347. The number of hydrogen-bond acceptors (Lipinski definition) is 6. The van der Waals surface area contributed by atoms with Crippen LogP contribution in [0.5, 0.6) is 0 Å². The Morgan fingerprint density at radius 3 is 2.67 bits per heavy atom. The summed E-state index contributed by atoms with van der Waals surface area (Å²) >= 11 is 0. The number of aromatic amines is 1. The summed E-state index contributed by atoms with van der Waals surface area (Å²) in [4.78, 5) is 7.10. The lowest BCUT2D eigenvalue weighted by Crippen LogP contribution is -2.16. The van der Waals surface area contributed by atoms with E-state index < -0.39 is 10.0 Å². The highest BCUT2D eigenvalue weighted by Crippen LogP contribution is 2.14. The molecule has 0 aliphatic rings. The maximum atomic E-state index is 12.2. The largest absolute Gasteiger partial charge is 0.363 e. The van der Waals surface area contributed by atoms with E-state index in [-0.39, 0.29) is 10.8 Å². The highest BCUT2D eigenvalue weighted by Gasteiger charge is 2.18. The minimum atomic E-state index is -3.72. The van der Waals surface area contributed by atoms with E-state index in [4.69, 9.17) is 0 Å². The molecule has 21 heavy (non-hydrogen) atoms. The minimum Gasteiger partial charge on any atom is -0.363 e. The smallest absolute Gasteiger partial charge is 0.265 e. The van der Waals surface area contributed by atoms with Crippen molar-refractivity contribution >= 4 is 16.0 Å². The van der Waals surface area contributed by atoms with Crippen molar-refractivity contribution in [1.29, 1.82) is 0 Å². The first kappa shape index (κ1) is 15.4. The van der Waals surface area contributed by atoms with Gasteiger partial charge in [-0.3, -0.25) is 0 Å². The van der Waals surface area contributed by atoms with Crippen molar-refractivity contribution in [3.63, 3.8) is 0 Å². The lowest BCUT2D eigenvalue weighted by atomic mass is 10.4. The van der Waals surface area contributed by atoms with E-state index >= 15 is 0 Å². The third-order valence-corrected chi connectivity index (χ3v) is 4.22. The SMILES string of the molecule is CCNCc1cc(S(=O)(=O)Nc2nnc(C)c(C)n2)c[nH]1. The van der Waals surface area contributed by atoms with Gasteiger partial charge in [-0.25, -0.2) is 18.1 Å². The van der Waals surface area contributed by atoms with Gasteiger partial charge in [0, 0.05) is 18.4 Å². The number of nitrogens with zero attached hydrogens (tertiary/aromatic N) is 3. The molecule has 0 bridgehead atoms. The molecule has 0 fully saturated rings. The van der Waals surface area contributed by atoms with Crippen LogP contribution < -0.4 is 10.0 Å². The predicted molar refractivity (Wildman–Crippen MR) is 78.3 cm³/mol. The Kier molecular flexibility index (Phi) is 4.53. The van der Waals surface area contributed by atoms with Crippen LogP contribution in [0.4, 0.5) is 5.95 Å². The van der Waals surface area contributed by atoms with Crippen molar-refractivity contribution in [2.45, 2.75) is 32.2 Å². The van der Waals surface area contributed by atoms with Crippen LogP contribution >= 0.6 is 0 Å². The van der Waals surface area contributed by atoms with Crippen LogP contribution in [-0.2, 0) is 16.6 Å². The third kappa shape index (κ3) is 3.76. The average molecular weight is 310 g/mol. The molecule has 0 aromatic carbocycles. The van der Waals surface area contributed by atoms with Crippen LogP contribution in [0.3, 0.4) is 0 Å². The lowest BCUT2D eigenvalue weighted by Gasteiger charge is -2.05.